The normalized spacial score (nSPS) is 33.6. The predicted octanol–water partition coefficient (Wildman–Crippen LogP) is 2.34. The summed E-state index contributed by atoms with van der Waals surface area (Å²) in [4.78, 5) is 12.0. The first-order valence-corrected chi connectivity index (χ1v) is 7.13. The second kappa shape index (κ2) is 6.22. The molecule has 0 radical (unpaired) electrons. The van der Waals surface area contributed by atoms with Crippen LogP contribution in [0.25, 0.3) is 0 Å². The summed E-state index contributed by atoms with van der Waals surface area (Å²) in [6.45, 7) is 1.37. The van der Waals surface area contributed by atoms with E-state index in [-0.39, 0.29) is 17.7 Å². The van der Waals surface area contributed by atoms with Crippen LogP contribution in [0.15, 0.2) is 0 Å². The van der Waals surface area contributed by atoms with Crippen LogP contribution in [0.1, 0.15) is 32.1 Å². The third kappa shape index (κ3) is 2.81. The van der Waals surface area contributed by atoms with E-state index in [9.17, 15) is 4.79 Å². The molecular weight excluding hydrogens is 256 g/mol. The Morgan fingerprint density at radius 1 is 1.33 bits per heavy atom. The SMILES string of the molecule is COC(=O)C1(CCCl)CCC(C2OCCO2)CC1. The van der Waals surface area contributed by atoms with Gasteiger partial charge in [-0.2, -0.15) is 0 Å². The highest BCUT2D eigenvalue weighted by molar-refractivity contribution is 6.18. The van der Waals surface area contributed by atoms with Crippen molar-refractivity contribution in [2.45, 2.75) is 38.4 Å². The lowest BCUT2D eigenvalue weighted by atomic mass is 9.68. The van der Waals surface area contributed by atoms with E-state index in [0.29, 0.717) is 31.4 Å². The minimum atomic E-state index is -0.383. The van der Waals surface area contributed by atoms with Crippen molar-refractivity contribution in [2.24, 2.45) is 11.3 Å². The summed E-state index contributed by atoms with van der Waals surface area (Å²) in [5, 5.41) is 0. The topological polar surface area (TPSA) is 44.8 Å². The van der Waals surface area contributed by atoms with Crippen molar-refractivity contribution in [3.8, 4) is 0 Å². The van der Waals surface area contributed by atoms with Gasteiger partial charge in [0.1, 0.15) is 0 Å². The molecule has 104 valence electrons. The van der Waals surface area contributed by atoms with Crippen LogP contribution in [-0.2, 0) is 19.0 Å². The Kier molecular flexibility index (Phi) is 4.87. The van der Waals surface area contributed by atoms with E-state index < -0.39 is 0 Å². The van der Waals surface area contributed by atoms with E-state index in [4.69, 9.17) is 25.8 Å². The molecule has 1 saturated heterocycles. The fraction of sp³-hybridized carbons (Fsp3) is 0.923. The number of rotatable bonds is 4. The third-order valence-corrected chi connectivity index (χ3v) is 4.40. The summed E-state index contributed by atoms with van der Waals surface area (Å²) in [7, 11) is 1.45. The minimum Gasteiger partial charge on any atom is -0.469 e. The number of carbonyl (C=O) groups excluding carboxylic acids is 1. The molecule has 0 unspecified atom stereocenters. The van der Waals surface area contributed by atoms with Crippen molar-refractivity contribution < 1.29 is 19.0 Å². The fourth-order valence-corrected chi connectivity index (χ4v) is 3.43. The second-order valence-corrected chi connectivity index (χ2v) is 5.54. The summed E-state index contributed by atoms with van der Waals surface area (Å²) in [5.74, 6) is 0.784. The van der Waals surface area contributed by atoms with Gasteiger partial charge >= 0.3 is 5.97 Å². The summed E-state index contributed by atoms with van der Waals surface area (Å²) >= 11 is 5.83. The molecule has 0 amide bonds. The van der Waals surface area contributed by atoms with Gasteiger partial charge in [0, 0.05) is 11.8 Å². The molecule has 1 aliphatic heterocycles. The third-order valence-electron chi connectivity index (χ3n) is 4.21. The Labute approximate surface area is 113 Å². The van der Waals surface area contributed by atoms with Crippen LogP contribution in [0.2, 0.25) is 0 Å². The van der Waals surface area contributed by atoms with E-state index in [0.717, 1.165) is 25.7 Å². The Morgan fingerprint density at radius 3 is 2.44 bits per heavy atom. The van der Waals surface area contributed by atoms with E-state index in [2.05, 4.69) is 0 Å². The van der Waals surface area contributed by atoms with Gasteiger partial charge in [-0.25, -0.2) is 0 Å². The molecule has 2 aliphatic rings. The molecule has 4 nitrogen and oxygen atoms in total. The van der Waals surface area contributed by atoms with Gasteiger partial charge < -0.3 is 14.2 Å². The van der Waals surface area contributed by atoms with Crippen molar-refractivity contribution >= 4 is 17.6 Å². The van der Waals surface area contributed by atoms with Gasteiger partial charge in [-0.1, -0.05) is 0 Å². The smallest absolute Gasteiger partial charge is 0.311 e. The maximum Gasteiger partial charge on any atom is 0.311 e. The van der Waals surface area contributed by atoms with E-state index in [1.165, 1.54) is 7.11 Å². The van der Waals surface area contributed by atoms with Crippen LogP contribution in [-0.4, -0.2) is 38.5 Å². The van der Waals surface area contributed by atoms with Gasteiger partial charge in [0.25, 0.3) is 0 Å². The zero-order valence-corrected chi connectivity index (χ0v) is 11.6. The Balaban J connectivity index is 1.94. The zero-order chi connectivity index (χ0) is 13.0. The molecule has 2 rings (SSSR count). The highest BCUT2D eigenvalue weighted by atomic mass is 35.5. The van der Waals surface area contributed by atoms with E-state index in [1.54, 1.807) is 0 Å². The zero-order valence-electron chi connectivity index (χ0n) is 10.8. The predicted molar refractivity (Wildman–Crippen MR) is 67.4 cm³/mol. The maximum absolute atomic E-state index is 12.0. The van der Waals surface area contributed by atoms with Gasteiger partial charge in [0.2, 0.25) is 0 Å². The monoisotopic (exact) mass is 276 g/mol. The van der Waals surface area contributed by atoms with Gasteiger partial charge in [0.15, 0.2) is 6.29 Å². The standard InChI is InChI=1S/C13H21ClO4/c1-16-12(15)13(6-7-14)4-2-10(3-5-13)11-17-8-9-18-11/h10-11H,2-9H2,1H3. The number of ether oxygens (including phenoxy) is 3. The van der Waals surface area contributed by atoms with E-state index >= 15 is 0 Å². The highest BCUT2D eigenvalue weighted by Gasteiger charge is 2.44. The molecule has 0 N–H and O–H groups in total. The number of hydrogen-bond acceptors (Lipinski definition) is 4. The number of halogens is 1. The van der Waals surface area contributed by atoms with Crippen LogP contribution < -0.4 is 0 Å². The van der Waals surface area contributed by atoms with Crippen molar-refractivity contribution in [1.29, 1.82) is 0 Å². The van der Waals surface area contributed by atoms with Crippen LogP contribution in [0.4, 0.5) is 0 Å². The Bertz CT molecular complexity index is 281. The maximum atomic E-state index is 12.0. The first-order valence-electron chi connectivity index (χ1n) is 6.59. The molecule has 0 bridgehead atoms. The van der Waals surface area contributed by atoms with Crippen molar-refractivity contribution in [3.63, 3.8) is 0 Å². The summed E-state index contributed by atoms with van der Waals surface area (Å²) < 4.78 is 16.0. The average Bonchev–Trinajstić information content (AvgIpc) is 2.93. The van der Waals surface area contributed by atoms with Crippen molar-refractivity contribution in [3.05, 3.63) is 0 Å². The van der Waals surface area contributed by atoms with Crippen molar-refractivity contribution in [2.75, 3.05) is 26.2 Å². The summed E-state index contributed by atoms with van der Waals surface area (Å²) in [6, 6.07) is 0. The molecule has 1 aliphatic carbocycles. The van der Waals surface area contributed by atoms with E-state index in [1.807, 2.05) is 0 Å². The van der Waals surface area contributed by atoms with Gasteiger partial charge in [0.05, 0.1) is 25.7 Å². The second-order valence-electron chi connectivity index (χ2n) is 5.16. The highest BCUT2D eigenvalue weighted by Crippen LogP contribution is 2.44. The summed E-state index contributed by atoms with van der Waals surface area (Å²) in [5.41, 5.74) is -0.383. The Morgan fingerprint density at radius 2 is 1.94 bits per heavy atom. The molecule has 18 heavy (non-hydrogen) atoms. The van der Waals surface area contributed by atoms with Gasteiger partial charge in [-0.15, -0.1) is 11.6 Å². The number of esters is 1. The van der Waals surface area contributed by atoms with Crippen LogP contribution in [0.5, 0.6) is 0 Å². The first kappa shape index (κ1) is 14.1. The number of hydrogen-bond donors (Lipinski definition) is 0. The molecule has 1 saturated carbocycles. The lowest BCUT2D eigenvalue weighted by Gasteiger charge is -2.38. The number of alkyl halides is 1. The first-order chi connectivity index (χ1) is 8.72. The average molecular weight is 277 g/mol. The summed E-state index contributed by atoms with van der Waals surface area (Å²) in [6.07, 6.45) is 4.14. The fourth-order valence-electron chi connectivity index (χ4n) is 3.07. The van der Waals surface area contributed by atoms with Gasteiger partial charge in [-0.3, -0.25) is 4.79 Å². The number of carbonyl (C=O) groups is 1. The van der Waals surface area contributed by atoms with Crippen LogP contribution in [0.3, 0.4) is 0 Å². The Hall–Kier alpha value is -0.320. The molecule has 0 aromatic carbocycles. The lowest BCUT2D eigenvalue weighted by Crippen LogP contribution is -2.39. The van der Waals surface area contributed by atoms with Crippen LogP contribution in [0, 0.1) is 11.3 Å². The lowest BCUT2D eigenvalue weighted by molar-refractivity contribution is -0.159. The molecule has 2 fully saturated rings. The molecule has 1 heterocycles. The molecule has 0 aromatic heterocycles. The molecule has 0 aromatic rings. The van der Waals surface area contributed by atoms with Gasteiger partial charge in [-0.05, 0) is 32.1 Å². The number of methoxy groups -OCH3 is 1. The quantitative estimate of drug-likeness (QED) is 0.584. The van der Waals surface area contributed by atoms with Crippen molar-refractivity contribution in [1.82, 2.24) is 0 Å². The largest absolute Gasteiger partial charge is 0.469 e. The molecule has 5 heteroatoms. The molecule has 0 spiro atoms. The molecule has 0 atom stereocenters. The molecular formula is C13H21ClO4. The van der Waals surface area contributed by atoms with Crippen LogP contribution >= 0.6 is 11.6 Å². The minimum absolute atomic E-state index is 0.0725.